The Morgan fingerprint density at radius 1 is 1.18 bits per heavy atom. The molecule has 0 saturated carbocycles. The molecule has 3 heterocycles. The maximum absolute atomic E-state index is 6.07. The minimum atomic E-state index is -0.0111. The van der Waals surface area contributed by atoms with Crippen molar-refractivity contribution in [3.63, 3.8) is 0 Å². The molecule has 0 unspecified atom stereocenters. The van der Waals surface area contributed by atoms with Crippen LogP contribution in [0.25, 0.3) is 0 Å². The second-order valence-corrected chi connectivity index (χ2v) is 6.78. The quantitative estimate of drug-likeness (QED) is 0.677. The van der Waals surface area contributed by atoms with Gasteiger partial charge in [-0.25, -0.2) is 9.97 Å². The molecule has 1 fully saturated rings. The highest BCUT2D eigenvalue weighted by Crippen LogP contribution is 2.28. The van der Waals surface area contributed by atoms with Crippen LogP contribution in [-0.2, 0) is 17.8 Å². The van der Waals surface area contributed by atoms with Crippen LogP contribution >= 0.6 is 0 Å². The first-order valence-corrected chi connectivity index (χ1v) is 9.72. The van der Waals surface area contributed by atoms with E-state index in [1.807, 2.05) is 24.5 Å². The summed E-state index contributed by atoms with van der Waals surface area (Å²) in [4.78, 5) is 12.7. The first kappa shape index (κ1) is 18.6. The van der Waals surface area contributed by atoms with E-state index in [9.17, 15) is 0 Å². The Labute approximate surface area is 164 Å². The molecule has 1 saturated heterocycles. The number of rotatable bonds is 7. The van der Waals surface area contributed by atoms with Gasteiger partial charge in [0.05, 0.1) is 6.20 Å². The van der Waals surface area contributed by atoms with Crippen LogP contribution in [0.15, 0.2) is 55.2 Å². The van der Waals surface area contributed by atoms with Crippen LogP contribution < -0.4 is 10.1 Å². The summed E-state index contributed by atoms with van der Waals surface area (Å²) in [5, 5.41) is 3.66. The summed E-state index contributed by atoms with van der Waals surface area (Å²) in [7, 11) is 0. The van der Waals surface area contributed by atoms with E-state index in [2.05, 4.69) is 43.9 Å². The molecule has 7 nitrogen and oxygen atoms in total. The van der Waals surface area contributed by atoms with Crippen LogP contribution in [0.2, 0.25) is 0 Å². The zero-order valence-electron chi connectivity index (χ0n) is 16.0. The predicted molar refractivity (Wildman–Crippen MR) is 105 cm³/mol. The molecule has 4 rings (SSSR count). The van der Waals surface area contributed by atoms with Crippen molar-refractivity contribution in [1.29, 1.82) is 0 Å². The van der Waals surface area contributed by atoms with Crippen molar-refractivity contribution < 1.29 is 9.47 Å². The molecule has 2 aromatic heterocycles. The predicted octanol–water partition coefficient (Wildman–Crippen LogP) is 3.50. The third kappa shape index (κ3) is 4.37. The third-order valence-corrected chi connectivity index (χ3v) is 4.92. The molecule has 1 aliphatic rings. The molecule has 2 atom stereocenters. The zero-order valence-corrected chi connectivity index (χ0v) is 16.0. The van der Waals surface area contributed by atoms with Gasteiger partial charge in [-0.1, -0.05) is 12.1 Å². The number of aromatic nitrogens is 4. The summed E-state index contributed by atoms with van der Waals surface area (Å²) in [6.07, 6.45) is 10.8. The maximum atomic E-state index is 6.07. The number of nitrogens with zero attached hydrogens (tertiary/aromatic N) is 4. The summed E-state index contributed by atoms with van der Waals surface area (Å²) >= 11 is 0. The van der Waals surface area contributed by atoms with Crippen molar-refractivity contribution in [2.45, 2.75) is 45.0 Å². The number of ether oxygens (including phenoxy) is 2. The SMILES string of the molecule is CCn1ccnc1[C@H]1OCCC[C@@H]1NCc1ccc(Oc2cnccn2)cc1. The van der Waals surface area contributed by atoms with Crippen molar-refractivity contribution in [3.8, 4) is 11.6 Å². The van der Waals surface area contributed by atoms with Crippen molar-refractivity contribution in [2.24, 2.45) is 0 Å². The Morgan fingerprint density at radius 3 is 2.86 bits per heavy atom. The number of benzene rings is 1. The molecule has 0 bridgehead atoms. The second kappa shape index (κ2) is 8.95. The molecule has 0 aliphatic carbocycles. The van der Waals surface area contributed by atoms with Crippen LogP contribution in [0.3, 0.4) is 0 Å². The van der Waals surface area contributed by atoms with E-state index >= 15 is 0 Å². The number of aryl methyl sites for hydroxylation is 1. The zero-order chi connectivity index (χ0) is 19.2. The molecule has 1 N–H and O–H groups in total. The lowest BCUT2D eigenvalue weighted by atomic mass is 10.0. The van der Waals surface area contributed by atoms with Crippen LogP contribution in [-0.4, -0.2) is 32.2 Å². The van der Waals surface area contributed by atoms with E-state index in [-0.39, 0.29) is 12.1 Å². The van der Waals surface area contributed by atoms with Crippen molar-refractivity contribution in [2.75, 3.05) is 6.61 Å². The van der Waals surface area contributed by atoms with Crippen LogP contribution in [0, 0.1) is 0 Å². The topological polar surface area (TPSA) is 74.1 Å². The standard InChI is InChI=1S/C21H25N5O2/c1-2-26-12-11-24-21(26)20-18(4-3-13-27-20)25-14-16-5-7-17(8-6-16)28-19-15-22-9-10-23-19/h5-12,15,18,20,25H,2-4,13-14H2,1H3/t18-,20-/m0/s1. The highest BCUT2D eigenvalue weighted by atomic mass is 16.5. The molecule has 0 amide bonds. The van der Waals surface area contributed by atoms with E-state index < -0.39 is 0 Å². The molecule has 146 valence electrons. The van der Waals surface area contributed by atoms with Gasteiger partial charge in [0.2, 0.25) is 5.88 Å². The van der Waals surface area contributed by atoms with E-state index in [0.717, 1.165) is 44.1 Å². The summed E-state index contributed by atoms with van der Waals surface area (Å²) in [6.45, 7) is 4.58. The molecule has 28 heavy (non-hydrogen) atoms. The number of hydrogen-bond donors (Lipinski definition) is 1. The fourth-order valence-electron chi connectivity index (χ4n) is 3.47. The molecule has 3 aromatic rings. The van der Waals surface area contributed by atoms with Gasteiger partial charge in [0.1, 0.15) is 17.7 Å². The molecular weight excluding hydrogens is 354 g/mol. The van der Waals surface area contributed by atoms with Crippen LogP contribution in [0.4, 0.5) is 0 Å². The average Bonchev–Trinajstić information content (AvgIpc) is 3.23. The van der Waals surface area contributed by atoms with Gasteiger partial charge < -0.3 is 19.4 Å². The minimum Gasteiger partial charge on any atom is -0.438 e. The third-order valence-electron chi connectivity index (χ3n) is 4.92. The fraction of sp³-hybridized carbons (Fsp3) is 0.381. The van der Waals surface area contributed by atoms with Gasteiger partial charge in [-0.15, -0.1) is 0 Å². The van der Waals surface area contributed by atoms with Crippen LogP contribution in [0.1, 0.15) is 37.3 Å². The van der Waals surface area contributed by atoms with E-state index in [1.54, 1.807) is 18.6 Å². The molecule has 7 heteroatoms. The van der Waals surface area contributed by atoms with Gasteiger partial charge in [-0.2, -0.15) is 0 Å². The Hall–Kier alpha value is -2.77. The summed E-state index contributed by atoms with van der Waals surface area (Å²) in [5.74, 6) is 2.24. The molecule has 1 aromatic carbocycles. The fourth-order valence-corrected chi connectivity index (χ4v) is 3.47. The Balaban J connectivity index is 1.37. The Morgan fingerprint density at radius 2 is 2.07 bits per heavy atom. The smallest absolute Gasteiger partial charge is 0.237 e. The second-order valence-electron chi connectivity index (χ2n) is 6.78. The molecule has 0 spiro atoms. The Kier molecular flexibility index (Phi) is 5.94. The van der Waals surface area contributed by atoms with Gasteiger partial charge in [0.15, 0.2) is 0 Å². The Bertz CT molecular complexity index is 866. The number of imidazole rings is 1. The lowest BCUT2D eigenvalue weighted by Gasteiger charge is -2.32. The van der Waals surface area contributed by atoms with Gasteiger partial charge in [0, 0.05) is 50.5 Å². The van der Waals surface area contributed by atoms with Crippen molar-refractivity contribution >= 4 is 0 Å². The monoisotopic (exact) mass is 379 g/mol. The van der Waals surface area contributed by atoms with Crippen molar-refractivity contribution in [3.05, 3.63) is 66.6 Å². The normalized spacial score (nSPS) is 19.5. The summed E-state index contributed by atoms with van der Waals surface area (Å²) < 4.78 is 13.9. The first-order valence-electron chi connectivity index (χ1n) is 9.72. The van der Waals surface area contributed by atoms with E-state index in [4.69, 9.17) is 9.47 Å². The average molecular weight is 379 g/mol. The number of nitrogens with one attached hydrogen (secondary N) is 1. The molecule has 0 radical (unpaired) electrons. The van der Waals surface area contributed by atoms with Gasteiger partial charge >= 0.3 is 0 Å². The summed E-state index contributed by atoms with van der Waals surface area (Å²) in [5.41, 5.74) is 1.19. The van der Waals surface area contributed by atoms with E-state index in [0.29, 0.717) is 5.88 Å². The number of hydrogen-bond acceptors (Lipinski definition) is 6. The highest BCUT2D eigenvalue weighted by Gasteiger charge is 2.30. The van der Waals surface area contributed by atoms with Gasteiger partial charge in [0.25, 0.3) is 0 Å². The van der Waals surface area contributed by atoms with E-state index in [1.165, 1.54) is 5.56 Å². The highest BCUT2D eigenvalue weighted by molar-refractivity contribution is 5.29. The first-order chi connectivity index (χ1) is 13.8. The van der Waals surface area contributed by atoms with Crippen molar-refractivity contribution in [1.82, 2.24) is 24.8 Å². The van der Waals surface area contributed by atoms with Gasteiger partial charge in [-0.3, -0.25) is 4.98 Å². The summed E-state index contributed by atoms with van der Waals surface area (Å²) in [6, 6.07) is 8.26. The lowest BCUT2D eigenvalue weighted by molar-refractivity contribution is -0.0182. The molecule has 1 aliphatic heterocycles. The lowest BCUT2D eigenvalue weighted by Crippen LogP contribution is -2.40. The van der Waals surface area contributed by atoms with Crippen LogP contribution in [0.5, 0.6) is 11.6 Å². The largest absolute Gasteiger partial charge is 0.438 e. The minimum absolute atomic E-state index is 0.0111. The maximum Gasteiger partial charge on any atom is 0.237 e. The molecular formula is C21H25N5O2. The van der Waals surface area contributed by atoms with Gasteiger partial charge in [-0.05, 0) is 37.5 Å².